The Hall–Kier alpha value is -1.17. The Kier molecular flexibility index (Phi) is 4.86. The van der Waals surface area contributed by atoms with E-state index in [0.717, 1.165) is 16.7 Å². The van der Waals surface area contributed by atoms with Crippen LogP contribution in [0.2, 0.25) is 0 Å². The van der Waals surface area contributed by atoms with Gasteiger partial charge in [-0.3, -0.25) is 0 Å². The Morgan fingerprint density at radius 2 is 1.76 bits per heavy atom. The molecule has 1 unspecified atom stereocenters. The molecule has 112 valence electrons. The lowest BCUT2D eigenvalue weighted by molar-refractivity contribution is 0.566. The molecule has 0 amide bonds. The second-order valence-corrected chi connectivity index (χ2v) is 7.67. The maximum Gasteiger partial charge on any atom is 0.242 e. The SMILES string of the molecule is Cc1ccc(C)c(C(C)NS(=O)(=O)c2ccccc2Br)c1. The Labute approximate surface area is 134 Å². The van der Waals surface area contributed by atoms with Gasteiger partial charge in [0.05, 0.1) is 4.90 Å². The van der Waals surface area contributed by atoms with Gasteiger partial charge in [-0.1, -0.05) is 35.9 Å². The highest BCUT2D eigenvalue weighted by molar-refractivity contribution is 9.10. The second kappa shape index (κ2) is 6.30. The number of halogens is 1. The summed E-state index contributed by atoms with van der Waals surface area (Å²) in [5.41, 5.74) is 3.18. The first-order chi connectivity index (χ1) is 9.81. The van der Waals surface area contributed by atoms with E-state index in [0.29, 0.717) is 4.47 Å². The first-order valence-electron chi connectivity index (χ1n) is 6.65. The van der Waals surface area contributed by atoms with Crippen molar-refractivity contribution in [2.24, 2.45) is 0 Å². The maximum absolute atomic E-state index is 12.5. The van der Waals surface area contributed by atoms with Crippen LogP contribution in [-0.2, 0) is 10.0 Å². The molecule has 0 fully saturated rings. The normalized spacial score (nSPS) is 13.1. The lowest BCUT2D eigenvalue weighted by Crippen LogP contribution is -2.27. The van der Waals surface area contributed by atoms with E-state index in [1.165, 1.54) is 0 Å². The molecular formula is C16H18BrNO2S. The zero-order valence-electron chi connectivity index (χ0n) is 12.2. The number of sulfonamides is 1. The number of nitrogens with one attached hydrogen (secondary N) is 1. The molecule has 0 saturated heterocycles. The highest BCUT2D eigenvalue weighted by Crippen LogP contribution is 2.25. The molecule has 0 spiro atoms. The third-order valence-electron chi connectivity index (χ3n) is 3.36. The summed E-state index contributed by atoms with van der Waals surface area (Å²) < 4.78 is 28.3. The van der Waals surface area contributed by atoms with E-state index in [2.05, 4.69) is 20.7 Å². The van der Waals surface area contributed by atoms with E-state index in [1.54, 1.807) is 24.3 Å². The molecule has 0 heterocycles. The number of hydrogen-bond donors (Lipinski definition) is 1. The average Bonchev–Trinajstić information content (AvgIpc) is 2.41. The second-order valence-electron chi connectivity index (χ2n) is 5.13. The van der Waals surface area contributed by atoms with Crippen molar-refractivity contribution >= 4 is 26.0 Å². The molecule has 3 nitrogen and oxygen atoms in total. The van der Waals surface area contributed by atoms with Crippen molar-refractivity contribution < 1.29 is 8.42 Å². The van der Waals surface area contributed by atoms with Crippen LogP contribution in [-0.4, -0.2) is 8.42 Å². The van der Waals surface area contributed by atoms with Crippen LogP contribution in [0.3, 0.4) is 0 Å². The molecule has 0 aromatic heterocycles. The molecule has 0 aliphatic heterocycles. The molecule has 0 radical (unpaired) electrons. The summed E-state index contributed by atoms with van der Waals surface area (Å²) in [5.74, 6) is 0. The lowest BCUT2D eigenvalue weighted by atomic mass is 10.0. The van der Waals surface area contributed by atoms with Gasteiger partial charge >= 0.3 is 0 Å². The van der Waals surface area contributed by atoms with E-state index < -0.39 is 10.0 Å². The predicted molar refractivity (Wildman–Crippen MR) is 88.8 cm³/mol. The van der Waals surface area contributed by atoms with Crippen molar-refractivity contribution in [1.29, 1.82) is 0 Å². The molecule has 0 bridgehead atoms. The largest absolute Gasteiger partial charge is 0.242 e. The summed E-state index contributed by atoms with van der Waals surface area (Å²) in [4.78, 5) is 0.252. The summed E-state index contributed by atoms with van der Waals surface area (Å²) in [6, 6.07) is 12.6. The van der Waals surface area contributed by atoms with Crippen LogP contribution in [0.4, 0.5) is 0 Å². The van der Waals surface area contributed by atoms with E-state index in [-0.39, 0.29) is 10.9 Å². The van der Waals surface area contributed by atoms with Crippen LogP contribution in [0.15, 0.2) is 51.8 Å². The van der Waals surface area contributed by atoms with Crippen LogP contribution >= 0.6 is 15.9 Å². The fourth-order valence-electron chi connectivity index (χ4n) is 2.25. The molecule has 1 N–H and O–H groups in total. The lowest BCUT2D eigenvalue weighted by Gasteiger charge is -2.18. The topological polar surface area (TPSA) is 46.2 Å². The molecule has 2 aromatic rings. The summed E-state index contributed by atoms with van der Waals surface area (Å²) >= 11 is 3.29. The molecule has 0 saturated carbocycles. The third kappa shape index (κ3) is 3.73. The van der Waals surface area contributed by atoms with Gasteiger partial charge in [-0.15, -0.1) is 0 Å². The van der Waals surface area contributed by atoms with Crippen LogP contribution in [0, 0.1) is 13.8 Å². The molecule has 0 aliphatic rings. The Balaban J connectivity index is 2.33. The van der Waals surface area contributed by atoms with E-state index in [1.807, 2.05) is 39.0 Å². The van der Waals surface area contributed by atoms with Gasteiger partial charge in [0.2, 0.25) is 10.0 Å². The van der Waals surface area contributed by atoms with Crippen molar-refractivity contribution in [3.8, 4) is 0 Å². The third-order valence-corrected chi connectivity index (χ3v) is 5.91. The zero-order chi connectivity index (χ0) is 15.6. The molecule has 5 heteroatoms. The predicted octanol–water partition coefficient (Wildman–Crippen LogP) is 4.11. The molecular weight excluding hydrogens is 350 g/mol. The average molecular weight is 368 g/mol. The first-order valence-corrected chi connectivity index (χ1v) is 8.93. The molecule has 21 heavy (non-hydrogen) atoms. The van der Waals surface area contributed by atoms with Crippen LogP contribution in [0.5, 0.6) is 0 Å². The molecule has 0 aliphatic carbocycles. The molecule has 2 aromatic carbocycles. The summed E-state index contributed by atoms with van der Waals surface area (Å²) in [5, 5.41) is 0. The van der Waals surface area contributed by atoms with Crippen LogP contribution in [0.25, 0.3) is 0 Å². The number of benzene rings is 2. The smallest absolute Gasteiger partial charge is 0.207 e. The minimum absolute atomic E-state index is 0.252. The van der Waals surface area contributed by atoms with Gasteiger partial charge in [0.25, 0.3) is 0 Å². The summed E-state index contributed by atoms with van der Waals surface area (Å²) in [6.07, 6.45) is 0. The van der Waals surface area contributed by atoms with E-state index in [4.69, 9.17) is 0 Å². The standard InChI is InChI=1S/C16H18BrNO2S/c1-11-8-9-12(2)14(10-11)13(3)18-21(19,20)16-7-5-4-6-15(16)17/h4-10,13,18H,1-3H3. The Bertz CT molecular complexity index is 757. The quantitative estimate of drug-likeness (QED) is 0.883. The van der Waals surface area contributed by atoms with E-state index >= 15 is 0 Å². The van der Waals surface area contributed by atoms with Crippen molar-refractivity contribution in [1.82, 2.24) is 4.72 Å². The van der Waals surface area contributed by atoms with Gasteiger partial charge < -0.3 is 0 Å². The van der Waals surface area contributed by atoms with Crippen LogP contribution < -0.4 is 4.72 Å². The molecule has 1 atom stereocenters. The van der Waals surface area contributed by atoms with Gasteiger partial charge in [0, 0.05) is 10.5 Å². The monoisotopic (exact) mass is 367 g/mol. The Morgan fingerprint density at radius 1 is 1.10 bits per heavy atom. The van der Waals surface area contributed by atoms with Gasteiger partial charge in [-0.2, -0.15) is 0 Å². The minimum Gasteiger partial charge on any atom is -0.207 e. The van der Waals surface area contributed by atoms with Gasteiger partial charge in [0.1, 0.15) is 0 Å². The number of aryl methyl sites for hydroxylation is 2. The zero-order valence-corrected chi connectivity index (χ0v) is 14.6. The summed E-state index contributed by atoms with van der Waals surface area (Å²) in [6.45, 7) is 5.84. The fourth-order valence-corrected chi connectivity index (χ4v) is 4.47. The number of rotatable bonds is 4. The fraction of sp³-hybridized carbons (Fsp3) is 0.250. The molecule has 2 rings (SSSR count). The summed E-state index contributed by atoms with van der Waals surface area (Å²) in [7, 11) is -3.56. The van der Waals surface area contributed by atoms with Crippen molar-refractivity contribution in [3.63, 3.8) is 0 Å². The van der Waals surface area contributed by atoms with Gasteiger partial charge in [-0.25, -0.2) is 13.1 Å². The van der Waals surface area contributed by atoms with Crippen molar-refractivity contribution in [2.45, 2.75) is 31.7 Å². The number of hydrogen-bond acceptors (Lipinski definition) is 2. The van der Waals surface area contributed by atoms with E-state index in [9.17, 15) is 8.42 Å². The van der Waals surface area contributed by atoms with Crippen molar-refractivity contribution in [2.75, 3.05) is 0 Å². The van der Waals surface area contributed by atoms with Gasteiger partial charge in [0.15, 0.2) is 0 Å². The maximum atomic E-state index is 12.5. The van der Waals surface area contributed by atoms with Gasteiger partial charge in [-0.05, 0) is 60.0 Å². The Morgan fingerprint density at radius 3 is 2.43 bits per heavy atom. The highest BCUT2D eigenvalue weighted by atomic mass is 79.9. The van der Waals surface area contributed by atoms with Crippen molar-refractivity contribution in [3.05, 3.63) is 63.6 Å². The highest BCUT2D eigenvalue weighted by Gasteiger charge is 2.21. The first kappa shape index (κ1) is 16.2. The van der Waals surface area contributed by atoms with Crippen LogP contribution in [0.1, 0.15) is 29.7 Å². The minimum atomic E-state index is -3.56.